The lowest BCUT2D eigenvalue weighted by atomic mass is 10.4. The Hall–Kier alpha value is -1.01. The van der Waals surface area contributed by atoms with Crippen LogP contribution in [-0.4, -0.2) is 29.2 Å². The second-order valence-corrected chi connectivity index (χ2v) is 3.23. The van der Waals surface area contributed by atoms with E-state index in [0.29, 0.717) is 18.1 Å². The van der Waals surface area contributed by atoms with Gasteiger partial charge in [0, 0.05) is 13.0 Å². The van der Waals surface area contributed by atoms with Gasteiger partial charge < -0.3 is 10.6 Å². The van der Waals surface area contributed by atoms with Gasteiger partial charge in [0.2, 0.25) is 11.0 Å². The van der Waals surface area contributed by atoms with E-state index in [1.54, 1.807) is 5.51 Å². The quantitative estimate of drug-likeness (QED) is 0.678. The molecule has 0 atom stereocenters. The molecule has 0 bridgehead atoms. The molecule has 0 fully saturated rings. The Morgan fingerprint density at radius 3 is 3.15 bits per heavy atom. The van der Waals surface area contributed by atoms with E-state index >= 15 is 0 Å². The molecule has 1 aromatic rings. The Morgan fingerprint density at radius 2 is 2.54 bits per heavy atom. The molecule has 0 spiro atoms. The summed E-state index contributed by atoms with van der Waals surface area (Å²) in [4.78, 5) is 11.2. The van der Waals surface area contributed by atoms with Crippen LogP contribution in [0, 0.1) is 0 Å². The number of carbonyl (C=O) groups is 1. The summed E-state index contributed by atoms with van der Waals surface area (Å²) in [6.45, 7) is 3.58. The van der Waals surface area contributed by atoms with Gasteiger partial charge in [0.25, 0.3) is 0 Å². The fourth-order valence-corrected chi connectivity index (χ4v) is 1.25. The fourth-order valence-electron chi connectivity index (χ4n) is 0.788. The summed E-state index contributed by atoms with van der Waals surface area (Å²) in [5.74, 6) is -0.0299. The molecule has 0 aliphatic carbocycles. The molecule has 1 amide bonds. The van der Waals surface area contributed by atoms with E-state index in [9.17, 15) is 4.79 Å². The third-order valence-corrected chi connectivity index (χ3v) is 1.99. The summed E-state index contributed by atoms with van der Waals surface area (Å²) in [6.07, 6.45) is 0.466. The molecular formula is C7H12N4OS. The minimum absolute atomic E-state index is 0.0299. The van der Waals surface area contributed by atoms with Crippen molar-refractivity contribution in [2.75, 3.05) is 18.4 Å². The fraction of sp³-hybridized carbons (Fsp3) is 0.571. The first-order chi connectivity index (χ1) is 6.33. The highest BCUT2D eigenvalue weighted by Crippen LogP contribution is 2.07. The Balaban J connectivity index is 2.18. The smallest absolute Gasteiger partial charge is 0.227 e. The van der Waals surface area contributed by atoms with Gasteiger partial charge in [-0.1, -0.05) is 18.3 Å². The minimum Gasteiger partial charge on any atom is -0.316 e. The van der Waals surface area contributed by atoms with Crippen molar-refractivity contribution in [3.63, 3.8) is 0 Å². The summed E-state index contributed by atoms with van der Waals surface area (Å²) < 4.78 is 0. The van der Waals surface area contributed by atoms with Crippen LogP contribution in [0.3, 0.4) is 0 Å². The van der Waals surface area contributed by atoms with E-state index in [1.807, 2.05) is 6.92 Å². The van der Waals surface area contributed by atoms with Crippen molar-refractivity contribution < 1.29 is 4.79 Å². The lowest BCUT2D eigenvalue weighted by Crippen LogP contribution is -2.21. The summed E-state index contributed by atoms with van der Waals surface area (Å²) in [5, 5.41) is 13.6. The third kappa shape index (κ3) is 3.95. The molecule has 1 aromatic heterocycles. The molecule has 0 saturated heterocycles. The number of nitrogens with zero attached hydrogens (tertiary/aromatic N) is 2. The van der Waals surface area contributed by atoms with E-state index in [4.69, 9.17) is 0 Å². The van der Waals surface area contributed by atoms with Gasteiger partial charge in [-0.2, -0.15) is 0 Å². The van der Waals surface area contributed by atoms with Gasteiger partial charge in [-0.05, 0) is 6.54 Å². The van der Waals surface area contributed by atoms with E-state index in [0.717, 1.165) is 6.54 Å². The first kappa shape index (κ1) is 10.1. The number of carbonyl (C=O) groups excluding carboxylic acids is 1. The van der Waals surface area contributed by atoms with Gasteiger partial charge in [-0.25, -0.2) is 0 Å². The van der Waals surface area contributed by atoms with Gasteiger partial charge in [0.05, 0.1) is 0 Å². The first-order valence-electron chi connectivity index (χ1n) is 4.09. The maximum Gasteiger partial charge on any atom is 0.227 e. The number of amides is 1. The molecule has 2 N–H and O–H groups in total. The highest BCUT2D eigenvalue weighted by Gasteiger charge is 2.02. The zero-order valence-electron chi connectivity index (χ0n) is 7.41. The monoisotopic (exact) mass is 200 g/mol. The molecule has 0 saturated carbocycles. The topological polar surface area (TPSA) is 66.9 Å². The summed E-state index contributed by atoms with van der Waals surface area (Å²) in [6, 6.07) is 0. The normalized spacial score (nSPS) is 9.92. The van der Waals surface area contributed by atoms with Gasteiger partial charge in [-0.3, -0.25) is 4.79 Å². The molecule has 6 heteroatoms. The number of anilines is 1. The second kappa shape index (κ2) is 5.60. The van der Waals surface area contributed by atoms with Gasteiger partial charge in [0.15, 0.2) is 0 Å². The van der Waals surface area contributed by atoms with Crippen molar-refractivity contribution in [1.82, 2.24) is 15.5 Å². The van der Waals surface area contributed by atoms with E-state index in [1.165, 1.54) is 11.3 Å². The van der Waals surface area contributed by atoms with Gasteiger partial charge in [-0.15, -0.1) is 10.2 Å². The summed E-state index contributed by atoms with van der Waals surface area (Å²) in [5.41, 5.74) is 1.58. The molecule has 0 radical (unpaired) electrons. The molecule has 13 heavy (non-hydrogen) atoms. The van der Waals surface area contributed by atoms with Crippen LogP contribution >= 0.6 is 11.3 Å². The number of nitrogens with one attached hydrogen (secondary N) is 2. The molecule has 0 aliphatic heterocycles. The number of hydrogen-bond acceptors (Lipinski definition) is 5. The van der Waals surface area contributed by atoms with E-state index in [-0.39, 0.29) is 5.91 Å². The molecule has 72 valence electrons. The molecule has 0 aliphatic rings. The zero-order valence-corrected chi connectivity index (χ0v) is 8.23. The van der Waals surface area contributed by atoms with Crippen LogP contribution in [0.4, 0.5) is 5.13 Å². The third-order valence-electron chi connectivity index (χ3n) is 1.39. The lowest BCUT2D eigenvalue weighted by molar-refractivity contribution is -0.116. The highest BCUT2D eigenvalue weighted by molar-refractivity contribution is 7.13. The van der Waals surface area contributed by atoms with Crippen molar-refractivity contribution in [1.29, 1.82) is 0 Å². The van der Waals surface area contributed by atoms with Crippen LogP contribution in [0.25, 0.3) is 0 Å². The Bertz CT molecular complexity index is 249. The molecule has 1 rings (SSSR count). The van der Waals surface area contributed by atoms with Crippen molar-refractivity contribution in [3.05, 3.63) is 5.51 Å². The van der Waals surface area contributed by atoms with Crippen molar-refractivity contribution >= 4 is 22.4 Å². The first-order valence-corrected chi connectivity index (χ1v) is 4.97. The van der Waals surface area contributed by atoms with Crippen molar-refractivity contribution in [2.45, 2.75) is 13.3 Å². The molecule has 1 heterocycles. The highest BCUT2D eigenvalue weighted by atomic mass is 32.1. The van der Waals surface area contributed by atoms with Crippen LogP contribution in [0.15, 0.2) is 5.51 Å². The number of rotatable bonds is 5. The largest absolute Gasteiger partial charge is 0.316 e. The minimum atomic E-state index is -0.0299. The maximum absolute atomic E-state index is 11.2. The lowest BCUT2D eigenvalue weighted by Gasteiger charge is -2.00. The average molecular weight is 200 g/mol. The van der Waals surface area contributed by atoms with Crippen LogP contribution in [0.2, 0.25) is 0 Å². The van der Waals surface area contributed by atoms with Crippen LogP contribution < -0.4 is 10.6 Å². The predicted molar refractivity (Wildman–Crippen MR) is 51.7 cm³/mol. The van der Waals surface area contributed by atoms with Crippen LogP contribution in [0.5, 0.6) is 0 Å². The zero-order chi connectivity index (χ0) is 9.52. The van der Waals surface area contributed by atoms with Crippen molar-refractivity contribution in [3.8, 4) is 0 Å². The number of aromatic nitrogens is 2. The standard InChI is InChI=1S/C7H12N4OS/c1-2-8-4-3-6(12)10-7-11-9-5-13-7/h5,8H,2-4H2,1H3,(H,10,11,12). The van der Waals surface area contributed by atoms with Crippen LogP contribution in [0.1, 0.15) is 13.3 Å². The molecule has 0 aromatic carbocycles. The molecular weight excluding hydrogens is 188 g/mol. The summed E-state index contributed by atoms with van der Waals surface area (Å²) >= 11 is 1.32. The Morgan fingerprint density at radius 1 is 1.69 bits per heavy atom. The SMILES string of the molecule is CCNCCC(=O)Nc1nncs1. The van der Waals surface area contributed by atoms with Gasteiger partial charge >= 0.3 is 0 Å². The number of hydrogen-bond donors (Lipinski definition) is 2. The molecule has 0 unspecified atom stereocenters. The predicted octanol–water partition coefficient (Wildman–Crippen LogP) is 0.476. The van der Waals surface area contributed by atoms with E-state index < -0.39 is 0 Å². The van der Waals surface area contributed by atoms with E-state index in [2.05, 4.69) is 20.8 Å². The van der Waals surface area contributed by atoms with Gasteiger partial charge in [0.1, 0.15) is 5.51 Å². The molecule has 5 nitrogen and oxygen atoms in total. The average Bonchev–Trinajstić information content (AvgIpc) is 2.57. The van der Waals surface area contributed by atoms with Crippen LogP contribution in [-0.2, 0) is 4.79 Å². The second-order valence-electron chi connectivity index (χ2n) is 2.40. The summed E-state index contributed by atoms with van der Waals surface area (Å²) in [7, 11) is 0. The Kier molecular flexibility index (Phi) is 4.34. The maximum atomic E-state index is 11.2. The Labute approximate surface area is 80.6 Å². The van der Waals surface area contributed by atoms with Crippen molar-refractivity contribution in [2.24, 2.45) is 0 Å².